The molecule has 0 radical (unpaired) electrons. The standard InChI is InChI=1S/C15H20N2O4/c18-14(16-10-11-4-2-8-20-11)12-5-1-7-17(12)15(19)13-6-3-9-21-13/h2,4,8,12-13H,1,3,5-7,9-10H2,(H,16,18). The number of amides is 2. The number of hydrogen-bond acceptors (Lipinski definition) is 4. The third-order valence-corrected chi connectivity index (χ3v) is 4.06. The van der Waals surface area contributed by atoms with Crippen LogP contribution in [0.25, 0.3) is 0 Å². The molecule has 0 aromatic carbocycles. The third kappa shape index (κ3) is 3.10. The molecule has 6 nitrogen and oxygen atoms in total. The molecule has 2 unspecified atom stereocenters. The van der Waals surface area contributed by atoms with E-state index < -0.39 is 0 Å². The number of nitrogens with one attached hydrogen (secondary N) is 1. The van der Waals surface area contributed by atoms with E-state index in [9.17, 15) is 9.59 Å². The summed E-state index contributed by atoms with van der Waals surface area (Å²) in [5.74, 6) is 0.553. The number of hydrogen-bond donors (Lipinski definition) is 1. The molecular weight excluding hydrogens is 272 g/mol. The molecule has 2 aliphatic heterocycles. The van der Waals surface area contributed by atoms with Crippen LogP contribution in [0.15, 0.2) is 22.8 Å². The highest BCUT2D eigenvalue weighted by Crippen LogP contribution is 2.22. The van der Waals surface area contributed by atoms with Crippen molar-refractivity contribution in [2.45, 2.75) is 44.4 Å². The van der Waals surface area contributed by atoms with Crippen LogP contribution in [0.5, 0.6) is 0 Å². The third-order valence-electron chi connectivity index (χ3n) is 4.06. The lowest BCUT2D eigenvalue weighted by Gasteiger charge is -2.26. The van der Waals surface area contributed by atoms with E-state index in [0.29, 0.717) is 31.9 Å². The average molecular weight is 292 g/mol. The van der Waals surface area contributed by atoms with Crippen molar-refractivity contribution < 1.29 is 18.7 Å². The predicted molar refractivity (Wildman–Crippen MR) is 74.3 cm³/mol. The first-order chi connectivity index (χ1) is 10.3. The summed E-state index contributed by atoms with van der Waals surface area (Å²) in [4.78, 5) is 26.4. The molecule has 1 N–H and O–H groups in total. The van der Waals surface area contributed by atoms with Crippen LogP contribution in [0.1, 0.15) is 31.4 Å². The molecule has 0 spiro atoms. The van der Waals surface area contributed by atoms with Crippen molar-refractivity contribution in [3.63, 3.8) is 0 Å². The Hall–Kier alpha value is -1.82. The molecule has 0 bridgehead atoms. The van der Waals surface area contributed by atoms with Gasteiger partial charge in [0.25, 0.3) is 5.91 Å². The van der Waals surface area contributed by atoms with Gasteiger partial charge in [0, 0.05) is 13.2 Å². The first kappa shape index (κ1) is 14.1. The number of ether oxygens (including phenoxy) is 1. The smallest absolute Gasteiger partial charge is 0.252 e. The van der Waals surface area contributed by atoms with Gasteiger partial charge in [-0.3, -0.25) is 9.59 Å². The van der Waals surface area contributed by atoms with E-state index in [4.69, 9.17) is 9.15 Å². The van der Waals surface area contributed by atoms with Crippen molar-refractivity contribution in [3.8, 4) is 0 Å². The van der Waals surface area contributed by atoms with Gasteiger partial charge in [0.15, 0.2) is 0 Å². The van der Waals surface area contributed by atoms with Crippen LogP contribution in [-0.4, -0.2) is 42.0 Å². The molecule has 21 heavy (non-hydrogen) atoms. The second kappa shape index (κ2) is 6.30. The van der Waals surface area contributed by atoms with E-state index in [0.717, 1.165) is 19.3 Å². The Morgan fingerprint density at radius 2 is 2.24 bits per heavy atom. The van der Waals surface area contributed by atoms with Crippen molar-refractivity contribution >= 4 is 11.8 Å². The normalized spacial score (nSPS) is 25.2. The molecule has 2 saturated heterocycles. The Morgan fingerprint density at radius 3 is 2.95 bits per heavy atom. The molecular formula is C15H20N2O4. The van der Waals surface area contributed by atoms with Crippen LogP contribution in [0.3, 0.4) is 0 Å². The van der Waals surface area contributed by atoms with E-state index in [1.54, 1.807) is 17.2 Å². The second-order valence-electron chi connectivity index (χ2n) is 5.49. The summed E-state index contributed by atoms with van der Waals surface area (Å²) in [5, 5.41) is 2.84. The molecule has 6 heteroatoms. The lowest BCUT2D eigenvalue weighted by molar-refractivity contribution is -0.145. The maximum Gasteiger partial charge on any atom is 0.252 e. The quantitative estimate of drug-likeness (QED) is 0.901. The maximum absolute atomic E-state index is 12.4. The zero-order valence-corrected chi connectivity index (χ0v) is 11.9. The van der Waals surface area contributed by atoms with Crippen LogP contribution in [0, 0.1) is 0 Å². The zero-order valence-electron chi connectivity index (χ0n) is 11.9. The minimum Gasteiger partial charge on any atom is -0.467 e. The lowest BCUT2D eigenvalue weighted by atomic mass is 10.1. The molecule has 114 valence electrons. The fraction of sp³-hybridized carbons (Fsp3) is 0.600. The lowest BCUT2D eigenvalue weighted by Crippen LogP contribution is -2.48. The Bertz CT molecular complexity index is 494. The van der Waals surface area contributed by atoms with Crippen molar-refractivity contribution in [2.75, 3.05) is 13.2 Å². The zero-order chi connectivity index (χ0) is 14.7. The topological polar surface area (TPSA) is 71.8 Å². The van der Waals surface area contributed by atoms with E-state index in [-0.39, 0.29) is 24.0 Å². The van der Waals surface area contributed by atoms with Crippen molar-refractivity contribution in [1.82, 2.24) is 10.2 Å². The van der Waals surface area contributed by atoms with Crippen molar-refractivity contribution in [1.29, 1.82) is 0 Å². The van der Waals surface area contributed by atoms with Gasteiger partial charge in [0.05, 0.1) is 12.8 Å². The van der Waals surface area contributed by atoms with Crippen LogP contribution in [-0.2, 0) is 20.9 Å². The number of carbonyl (C=O) groups excluding carboxylic acids is 2. The minimum absolute atomic E-state index is 0.0388. The fourth-order valence-corrected chi connectivity index (χ4v) is 2.97. The van der Waals surface area contributed by atoms with Gasteiger partial charge in [0.2, 0.25) is 5.91 Å². The number of rotatable bonds is 4. The van der Waals surface area contributed by atoms with Crippen LogP contribution in [0.2, 0.25) is 0 Å². The summed E-state index contributed by atoms with van der Waals surface area (Å²) < 4.78 is 10.6. The summed E-state index contributed by atoms with van der Waals surface area (Å²) in [6.45, 7) is 1.63. The number of likely N-dealkylation sites (tertiary alicyclic amines) is 1. The highest BCUT2D eigenvalue weighted by atomic mass is 16.5. The monoisotopic (exact) mass is 292 g/mol. The highest BCUT2D eigenvalue weighted by Gasteiger charge is 2.38. The van der Waals surface area contributed by atoms with E-state index in [1.807, 2.05) is 6.07 Å². The Morgan fingerprint density at radius 1 is 1.33 bits per heavy atom. The first-order valence-corrected chi connectivity index (χ1v) is 7.48. The predicted octanol–water partition coefficient (Wildman–Crippen LogP) is 1.07. The highest BCUT2D eigenvalue weighted by molar-refractivity contribution is 5.90. The fourth-order valence-electron chi connectivity index (χ4n) is 2.97. The molecule has 3 rings (SSSR count). The molecule has 2 amide bonds. The number of furan rings is 1. The van der Waals surface area contributed by atoms with Gasteiger partial charge in [-0.25, -0.2) is 0 Å². The Balaban J connectivity index is 1.57. The Kier molecular flexibility index (Phi) is 4.24. The second-order valence-corrected chi connectivity index (χ2v) is 5.49. The molecule has 2 atom stereocenters. The Labute approximate surface area is 123 Å². The number of nitrogens with zero attached hydrogens (tertiary/aromatic N) is 1. The SMILES string of the molecule is O=C(NCc1ccco1)C1CCCN1C(=O)C1CCCO1. The van der Waals surface area contributed by atoms with Crippen LogP contribution >= 0.6 is 0 Å². The summed E-state index contributed by atoms with van der Waals surface area (Å²) in [5.41, 5.74) is 0. The average Bonchev–Trinajstić information content (AvgIpc) is 3.26. The van der Waals surface area contributed by atoms with Gasteiger partial charge in [-0.05, 0) is 37.8 Å². The molecule has 3 heterocycles. The molecule has 2 aliphatic rings. The summed E-state index contributed by atoms with van der Waals surface area (Å²) in [7, 11) is 0. The molecule has 2 fully saturated rings. The molecule has 0 saturated carbocycles. The largest absolute Gasteiger partial charge is 0.467 e. The maximum atomic E-state index is 12.4. The first-order valence-electron chi connectivity index (χ1n) is 7.48. The van der Waals surface area contributed by atoms with Crippen molar-refractivity contribution in [3.05, 3.63) is 24.2 Å². The number of carbonyl (C=O) groups is 2. The van der Waals surface area contributed by atoms with Gasteiger partial charge in [-0.1, -0.05) is 0 Å². The molecule has 0 aliphatic carbocycles. The van der Waals surface area contributed by atoms with Gasteiger partial charge < -0.3 is 19.4 Å². The van der Waals surface area contributed by atoms with Crippen molar-refractivity contribution in [2.24, 2.45) is 0 Å². The van der Waals surface area contributed by atoms with Gasteiger partial charge in [-0.2, -0.15) is 0 Å². The summed E-state index contributed by atoms with van der Waals surface area (Å²) in [6.07, 6.45) is 4.46. The summed E-state index contributed by atoms with van der Waals surface area (Å²) in [6, 6.07) is 3.21. The van der Waals surface area contributed by atoms with Crippen LogP contribution in [0.4, 0.5) is 0 Å². The molecule has 1 aromatic rings. The van der Waals surface area contributed by atoms with Crippen LogP contribution < -0.4 is 5.32 Å². The summed E-state index contributed by atoms with van der Waals surface area (Å²) >= 11 is 0. The van der Waals surface area contributed by atoms with Gasteiger partial charge in [-0.15, -0.1) is 0 Å². The minimum atomic E-state index is -0.378. The van der Waals surface area contributed by atoms with E-state index in [2.05, 4.69) is 5.32 Å². The van der Waals surface area contributed by atoms with E-state index >= 15 is 0 Å². The van der Waals surface area contributed by atoms with Gasteiger partial charge in [0.1, 0.15) is 17.9 Å². The van der Waals surface area contributed by atoms with E-state index in [1.165, 1.54) is 0 Å². The van der Waals surface area contributed by atoms with Gasteiger partial charge >= 0.3 is 0 Å². The molecule has 1 aromatic heterocycles.